The first kappa shape index (κ1) is 12.7. The molecular weight excluding hydrogens is 250 g/mol. The number of H-pyrrole nitrogens is 1. The van der Waals surface area contributed by atoms with Crippen molar-refractivity contribution in [3.8, 4) is 0 Å². The van der Waals surface area contributed by atoms with Crippen molar-refractivity contribution in [1.29, 1.82) is 0 Å². The SMILES string of the molecule is C/C(=C/c1c(C)[nH]c2ccc([N+](=O)[O-])cc12)[N+](=O)[O-]. The summed E-state index contributed by atoms with van der Waals surface area (Å²) in [7, 11) is 0. The second kappa shape index (κ2) is 4.52. The first-order valence-corrected chi connectivity index (χ1v) is 5.49. The van der Waals surface area contributed by atoms with Crippen molar-refractivity contribution in [2.24, 2.45) is 0 Å². The van der Waals surface area contributed by atoms with E-state index >= 15 is 0 Å². The number of hydrogen-bond donors (Lipinski definition) is 1. The molecule has 0 saturated heterocycles. The van der Waals surface area contributed by atoms with Crippen molar-refractivity contribution in [1.82, 2.24) is 4.98 Å². The van der Waals surface area contributed by atoms with Gasteiger partial charge in [0.2, 0.25) is 5.70 Å². The molecule has 19 heavy (non-hydrogen) atoms. The number of hydrogen-bond acceptors (Lipinski definition) is 4. The lowest BCUT2D eigenvalue weighted by Gasteiger charge is -1.95. The highest BCUT2D eigenvalue weighted by Gasteiger charge is 2.14. The van der Waals surface area contributed by atoms with E-state index in [0.717, 1.165) is 5.69 Å². The molecule has 0 radical (unpaired) electrons. The lowest BCUT2D eigenvalue weighted by atomic mass is 10.1. The van der Waals surface area contributed by atoms with E-state index in [1.165, 1.54) is 25.1 Å². The van der Waals surface area contributed by atoms with Gasteiger partial charge in [0.05, 0.1) is 9.85 Å². The Morgan fingerprint density at radius 3 is 2.58 bits per heavy atom. The molecule has 0 bridgehead atoms. The standard InChI is InChI=1S/C12H11N3O4/c1-7(14(16)17)5-10-8(2)13-12-4-3-9(15(18)19)6-11(10)12/h3-6,13H,1-2H3/b7-5-. The Balaban J connectivity index is 2.69. The van der Waals surface area contributed by atoms with Crippen molar-refractivity contribution in [3.05, 3.63) is 55.4 Å². The molecule has 98 valence electrons. The zero-order chi connectivity index (χ0) is 14.2. The van der Waals surface area contributed by atoms with Gasteiger partial charge in [-0.2, -0.15) is 0 Å². The zero-order valence-corrected chi connectivity index (χ0v) is 10.3. The maximum atomic E-state index is 10.8. The van der Waals surface area contributed by atoms with Gasteiger partial charge in [-0.15, -0.1) is 0 Å². The van der Waals surface area contributed by atoms with Crippen molar-refractivity contribution in [3.63, 3.8) is 0 Å². The van der Waals surface area contributed by atoms with Gasteiger partial charge in [0.15, 0.2) is 0 Å². The first-order chi connectivity index (χ1) is 8.90. The molecule has 1 aromatic carbocycles. The summed E-state index contributed by atoms with van der Waals surface area (Å²) in [5.41, 5.74) is 1.99. The third-order valence-corrected chi connectivity index (χ3v) is 2.87. The highest BCUT2D eigenvalue weighted by Crippen LogP contribution is 2.28. The van der Waals surface area contributed by atoms with Crippen LogP contribution in [0.3, 0.4) is 0 Å². The third kappa shape index (κ3) is 2.30. The van der Waals surface area contributed by atoms with Gasteiger partial charge in [0.1, 0.15) is 0 Å². The predicted octanol–water partition coefficient (Wildman–Crippen LogP) is 3.02. The lowest BCUT2D eigenvalue weighted by Crippen LogP contribution is -1.93. The van der Waals surface area contributed by atoms with Crippen LogP contribution in [-0.4, -0.2) is 14.8 Å². The summed E-state index contributed by atoms with van der Waals surface area (Å²) in [6.45, 7) is 3.15. The van der Waals surface area contributed by atoms with Gasteiger partial charge >= 0.3 is 0 Å². The molecule has 7 heteroatoms. The van der Waals surface area contributed by atoms with Gasteiger partial charge in [-0.3, -0.25) is 20.2 Å². The number of aryl methyl sites for hydroxylation is 1. The van der Waals surface area contributed by atoms with Crippen LogP contribution in [-0.2, 0) is 0 Å². The van der Waals surface area contributed by atoms with Crippen molar-refractivity contribution in [2.75, 3.05) is 0 Å². The summed E-state index contributed by atoms with van der Waals surface area (Å²) in [6.07, 6.45) is 1.41. The lowest BCUT2D eigenvalue weighted by molar-refractivity contribution is -0.422. The van der Waals surface area contributed by atoms with Crippen LogP contribution in [0.2, 0.25) is 0 Å². The molecule has 0 aliphatic rings. The quantitative estimate of drug-likeness (QED) is 0.677. The molecule has 0 unspecified atom stereocenters. The Hall–Kier alpha value is -2.70. The molecule has 0 fully saturated rings. The normalized spacial score (nSPS) is 11.8. The summed E-state index contributed by atoms with van der Waals surface area (Å²) in [4.78, 5) is 23.5. The number of nitrogens with zero attached hydrogens (tertiary/aromatic N) is 2. The Bertz CT molecular complexity index is 715. The predicted molar refractivity (Wildman–Crippen MR) is 70.3 cm³/mol. The van der Waals surface area contributed by atoms with Gasteiger partial charge in [-0.1, -0.05) is 0 Å². The van der Waals surface area contributed by atoms with Crippen molar-refractivity contribution < 1.29 is 9.85 Å². The highest BCUT2D eigenvalue weighted by molar-refractivity contribution is 5.92. The molecule has 1 heterocycles. The average Bonchev–Trinajstić information content (AvgIpc) is 2.65. The second-order valence-electron chi connectivity index (χ2n) is 4.19. The van der Waals surface area contributed by atoms with Gasteiger partial charge in [0, 0.05) is 47.3 Å². The maximum Gasteiger partial charge on any atom is 0.270 e. The summed E-state index contributed by atoms with van der Waals surface area (Å²) >= 11 is 0. The Labute approximate surface area is 107 Å². The number of allylic oxidation sites excluding steroid dienone is 1. The molecule has 2 aromatic rings. The molecule has 0 aliphatic heterocycles. The minimum Gasteiger partial charge on any atom is -0.358 e. The Kier molecular flexibility index (Phi) is 3.04. The third-order valence-electron chi connectivity index (χ3n) is 2.87. The summed E-state index contributed by atoms with van der Waals surface area (Å²) in [6, 6.07) is 4.41. The van der Waals surface area contributed by atoms with Crippen LogP contribution in [0.4, 0.5) is 5.69 Å². The molecule has 0 atom stereocenters. The molecule has 0 spiro atoms. The van der Waals surface area contributed by atoms with Crippen LogP contribution >= 0.6 is 0 Å². The Morgan fingerprint density at radius 1 is 1.32 bits per heavy atom. The fourth-order valence-corrected chi connectivity index (χ4v) is 1.90. The molecule has 1 N–H and O–H groups in total. The van der Waals surface area contributed by atoms with E-state index in [0.29, 0.717) is 16.5 Å². The van der Waals surface area contributed by atoms with E-state index in [4.69, 9.17) is 0 Å². The Morgan fingerprint density at radius 2 is 2.00 bits per heavy atom. The first-order valence-electron chi connectivity index (χ1n) is 5.49. The number of nitro groups is 2. The van der Waals surface area contributed by atoms with Gasteiger partial charge in [-0.25, -0.2) is 0 Å². The summed E-state index contributed by atoms with van der Waals surface area (Å²) in [5.74, 6) is 0. The molecule has 1 aromatic heterocycles. The van der Waals surface area contributed by atoms with E-state index < -0.39 is 9.85 Å². The second-order valence-corrected chi connectivity index (χ2v) is 4.19. The molecule has 0 amide bonds. The van der Waals surface area contributed by atoms with E-state index in [-0.39, 0.29) is 11.4 Å². The zero-order valence-electron chi connectivity index (χ0n) is 10.3. The van der Waals surface area contributed by atoms with Crippen LogP contribution in [0, 0.1) is 27.2 Å². The molecule has 2 rings (SSSR count). The molecule has 7 nitrogen and oxygen atoms in total. The minimum atomic E-state index is -0.490. The van der Waals surface area contributed by atoms with Crippen LogP contribution in [0.15, 0.2) is 23.9 Å². The van der Waals surface area contributed by atoms with Crippen LogP contribution in [0.1, 0.15) is 18.2 Å². The summed E-state index contributed by atoms with van der Waals surface area (Å²) in [5, 5.41) is 22.0. The minimum absolute atomic E-state index is 0.0180. The smallest absolute Gasteiger partial charge is 0.270 e. The van der Waals surface area contributed by atoms with Crippen molar-refractivity contribution in [2.45, 2.75) is 13.8 Å². The van der Waals surface area contributed by atoms with Crippen LogP contribution < -0.4 is 0 Å². The van der Waals surface area contributed by atoms with E-state index in [1.807, 2.05) is 0 Å². The number of non-ortho nitro benzene ring substituents is 1. The van der Waals surface area contributed by atoms with Crippen LogP contribution in [0.25, 0.3) is 17.0 Å². The molecular formula is C12H11N3O4. The largest absolute Gasteiger partial charge is 0.358 e. The van der Waals surface area contributed by atoms with Gasteiger partial charge in [-0.05, 0) is 13.0 Å². The van der Waals surface area contributed by atoms with Gasteiger partial charge in [0.25, 0.3) is 5.69 Å². The van der Waals surface area contributed by atoms with Gasteiger partial charge < -0.3 is 4.98 Å². The number of fused-ring (bicyclic) bond motifs is 1. The number of aromatic amines is 1. The molecule has 0 saturated carbocycles. The number of rotatable bonds is 3. The van der Waals surface area contributed by atoms with E-state index in [1.54, 1.807) is 13.0 Å². The fraction of sp³-hybridized carbons (Fsp3) is 0.167. The maximum absolute atomic E-state index is 10.8. The monoisotopic (exact) mass is 261 g/mol. The number of aromatic nitrogens is 1. The average molecular weight is 261 g/mol. The number of benzene rings is 1. The fourth-order valence-electron chi connectivity index (χ4n) is 1.90. The highest BCUT2D eigenvalue weighted by atomic mass is 16.6. The topological polar surface area (TPSA) is 102 Å². The van der Waals surface area contributed by atoms with Crippen molar-refractivity contribution >= 4 is 22.7 Å². The van der Waals surface area contributed by atoms with E-state index in [9.17, 15) is 20.2 Å². The number of nitro benzene ring substituents is 1. The molecule has 0 aliphatic carbocycles. The van der Waals surface area contributed by atoms with E-state index in [2.05, 4.69) is 4.98 Å². The number of nitrogens with one attached hydrogen (secondary N) is 1. The summed E-state index contributed by atoms with van der Waals surface area (Å²) < 4.78 is 0. The van der Waals surface area contributed by atoms with Crippen LogP contribution in [0.5, 0.6) is 0 Å².